The van der Waals surface area contributed by atoms with Crippen LogP contribution in [0.2, 0.25) is 0 Å². The molecule has 36 heavy (non-hydrogen) atoms. The number of hydrogen-bond donors (Lipinski definition) is 2. The predicted octanol–water partition coefficient (Wildman–Crippen LogP) is 2.67. The van der Waals surface area contributed by atoms with E-state index in [0.29, 0.717) is 0 Å². The quantitative estimate of drug-likeness (QED) is 0.138. The Balaban J connectivity index is 2.47. The van der Waals surface area contributed by atoms with E-state index < -0.39 is 61.1 Å². The lowest BCUT2D eigenvalue weighted by Gasteiger charge is -2.39. The lowest BCUT2D eigenvalue weighted by atomic mass is 9.87. The average molecular weight is 539 g/mol. The predicted molar refractivity (Wildman–Crippen MR) is 127 cm³/mol. The van der Waals surface area contributed by atoms with Crippen LogP contribution in [0.4, 0.5) is 4.79 Å². The number of carbonyl (C=O) groups excluding carboxylic acids is 4. The summed E-state index contributed by atoms with van der Waals surface area (Å²) < 4.78 is 43.3. The molecule has 1 rings (SSSR count). The number of carbonyl (C=O) groups is 4. The van der Waals surface area contributed by atoms with Gasteiger partial charge in [0.15, 0.2) is 6.10 Å². The molecule has 0 aromatic carbocycles. The molecule has 0 aromatic rings. The maximum absolute atomic E-state index is 12.8. The molecule has 0 spiro atoms. The molecule has 13 nitrogen and oxygen atoms in total. The number of hydrogen-bond acceptors (Lipinski definition) is 11. The fourth-order valence-electron chi connectivity index (χ4n) is 2.58. The molecule has 0 saturated carbocycles. The Morgan fingerprint density at radius 3 is 2.22 bits per heavy atom. The summed E-state index contributed by atoms with van der Waals surface area (Å²) >= 11 is 0. The number of esters is 2. The van der Waals surface area contributed by atoms with Gasteiger partial charge in [-0.25, -0.2) is 13.9 Å². The molecule has 1 heterocycles. The summed E-state index contributed by atoms with van der Waals surface area (Å²) in [4.78, 5) is 47.9. The van der Waals surface area contributed by atoms with Crippen LogP contribution in [-0.4, -0.2) is 68.7 Å². The molecule has 0 bridgehead atoms. The van der Waals surface area contributed by atoms with Gasteiger partial charge in [-0.05, 0) is 41.5 Å². The zero-order chi connectivity index (χ0) is 27.8. The highest BCUT2D eigenvalue weighted by atomic mass is 31.2. The van der Waals surface area contributed by atoms with Crippen LogP contribution in [0.15, 0.2) is 0 Å². The number of phosphoric ester groups is 1. The summed E-state index contributed by atoms with van der Waals surface area (Å²) in [6.45, 7) is 12.6. The molecule has 2 amide bonds. The minimum absolute atomic E-state index is 0.00888. The highest BCUT2D eigenvalue weighted by Crippen LogP contribution is 2.57. The van der Waals surface area contributed by atoms with Crippen LogP contribution < -0.4 is 10.6 Å². The Kier molecular flexibility index (Phi) is 11.4. The highest BCUT2D eigenvalue weighted by Gasteiger charge is 2.49. The van der Waals surface area contributed by atoms with Gasteiger partial charge in [0.2, 0.25) is 12.7 Å². The van der Waals surface area contributed by atoms with Gasteiger partial charge in [-0.2, -0.15) is 0 Å². The molecule has 208 valence electrons. The second-order valence-electron chi connectivity index (χ2n) is 10.8. The van der Waals surface area contributed by atoms with Crippen molar-refractivity contribution in [3.05, 3.63) is 0 Å². The Morgan fingerprint density at radius 1 is 1.00 bits per heavy atom. The van der Waals surface area contributed by atoms with Crippen LogP contribution in [-0.2, 0) is 46.7 Å². The first-order valence-corrected chi connectivity index (χ1v) is 13.0. The van der Waals surface area contributed by atoms with E-state index in [1.807, 2.05) is 0 Å². The van der Waals surface area contributed by atoms with E-state index in [1.54, 1.807) is 55.4 Å². The molecule has 2 atom stereocenters. The monoisotopic (exact) mass is 538 g/mol. The van der Waals surface area contributed by atoms with Crippen molar-refractivity contribution in [1.82, 2.24) is 10.6 Å². The lowest BCUT2D eigenvalue weighted by Crippen LogP contribution is -2.50. The lowest BCUT2D eigenvalue weighted by molar-refractivity contribution is -0.155. The van der Waals surface area contributed by atoms with Crippen molar-refractivity contribution in [2.45, 2.75) is 73.5 Å². The Bertz CT molecular complexity index is 846. The van der Waals surface area contributed by atoms with E-state index in [9.17, 15) is 23.7 Å². The van der Waals surface area contributed by atoms with Crippen LogP contribution in [0.3, 0.4) is 0 Å². The molecule has 0 aromatic heterocycles. The summed E-state index contributed by atoms with van der Waals surface area (Å²) in [5, 5.41) is 4.89. The fourth-order valence-corrected chi connectivity index (χ4v) is 4.08. The number of phosphoric acid groups is 1. The smallest absolute Gasteiger partial charge is 0.463 e. The number of ether oxygens (including phenoxy) is 3. The molecule has 0 aliphatic carbocycles. The summed E-state index contributed by atoms with van der Waals surface area (Å²) in [7, 11) is -4.23. The van der Waals surface area contributed by atoms with Gasteiger partial charge in [-0.1, -0.05) is 13.8 Å². The first kappa shape index (κ1) is 31.8. The van der Waals surface area contributed by atoms with Crippen molar-refractivity contribution in [2.24, 2.45) is 10.8 Å². The Hall–Kier alpha value is -2.21. The SMILES string of the molecule is CC(C)(C)OC(=O)CCNC(=O)[C@@H]1O[P@](=O)(OCOC(=O)NCCOC(=O)C(C)(C)C)OCC1(C)C. The zero-order valence-corrected chi connectivity index (χ0v) is 23.2. The maximum atomic E-state index is 12.8. The standard InChI is InChI=1S/C22H39N2O11P/c1-20(2,3)18(27)30-12-11-24-19(28)31-14-33-36(29)32-13-22(7,8)16(35-36)17(26)23-10-9-15(25)34-21(4,5)6/h16H,9-14H2,1-8H3,(H,23,26)(H,24,28)/t16-,36-/m0/s1. The van der Waals surface area contributed by atoms with Gasteiger partial charge in [0, 0.05) is 12.0 Å². The van der Waals surface area contributed by atoms with E-state index in [-0.39, 0.29) is 32.7 Å². The van der Waals surface area contributed by atoms with Crippen LogP contribution >= 0.6 is 7.82 Å². The van der Waals surface area contributed by atoms with Gasteiger partial charge in [-0.15, -0.1) is 0 Å². The number of rotatable bonds is 10. The van der Waals surface area contributed by atoms with Crippen LogP contribution in [0, 0.1) is 10.8 Å². The number of nitrogens with one attached hydrogen (secondary N) is 2. The van der Waals surface area contributed by atoms with Gasteiger partial charge in [-0.3, -0.25) is 23.4 Å². The van der Waals surface area contributed by atoms with Gasteiger partial charge >= 0.3 is 25.9 Å². The van der Waals surface area contributed by atoms with E-state index in [0.717, 1.165) is 0 Å². The third kappa shape index (κ3) is 11.7. The van der Waals surface area contributed by atoms with Crippen molar-refractivity contribution < 1.29 is 51.5 Å². The van der Waals surface area contributed by atoms with Crippen molar-refractivity contribution in [1.29, 1.82) is 0 Å². The van der Waals surface area contributed by atoms with Crippen molar-refractivity contribution >= 4 is 31.8 Å². The van der Waals surface area contributed by atoms with Crippen molar-refractivity contribution in [3.63, 3.8) is 0 Å². The molecule has 1 saturated heterocycles. The Morgan fingerprint density at radius 2 is 1.64 bits per heavy atom. The van der Waals surface area contributed by atoms with E-state index in [1.165, 1.54) is 0 Å². The highest BCUT2D eigenvalue weighted by molar-refractivity contribution is 7.48. The largest absolute Gasteiger partial charge is 0.478 e. The second kappa shape index (κ2) is 12.8. The van der Waals surface area contributed by atoms with Crippen molar-refractivity contribution in [3.8, 4) is 0 Å². The molecule has 14 heteroatoms. The van der Waals surface area contributed by atoms with Gasteiger partial charge < -0.3 is 24.8 Å². The van der Waals surface area contributed by atoms with Gasteiger partial charge in [0.05, 0.1) is 25.0 Å². The average Bonchev–Trinajstić information content (AvgIpc) is 2.71. The van der Waals surface area contributed by atoms with E-state index in [2.05, 4.69) is 10.6 Å². The summed E-state index contributed by atoms with van der Waals surface area (Å²) in [5.74, 6) is -1.51. The maximum Gasteiger partial charge on any atom is 0.478 e. The molecule has 0 unspecified atom stereocenters. The van der Waals surface area contributed by atoms with E-state index in [4.69, 9.17) is 27.8 Å². The zero-order valence-electron chi connectivity index (χ0n) is 22.3. The van der Waals surface area contributed by atoms with E-state index >= 15 is 0 Å². The molecular formula is C22H39N2O11P. The van der Waals surface area contributed by atoms with Crippen molar-refractivity contribution in [2.75, 3.05) is 33.1 Å². The molecule has 2 N–H and O–H groups in total. The third-order valence-corrected chi connectivity index (χ3v) is 5.78. The molecule has 1 aliphatic rings. The molecule has 1 aliphatic heterocycles. The molecule has 1 fully saturated rings. The molecular weight excluding hydrogens is 499 g/mol. The summed E-state index contributed by atoms with van der Waals surface area (Å²) in [6.07, 6.45) is -2.19. The fraction of sp³-hybridized carbons (Fsp3) is 0.818. The topological polar surface area (TPSA) is 165 Å². The first-order chi connectivity index (χ1) is 16.3. The number of alkyl carbamates (subject to hydrolysis) is 1. The minimum Gasteiger partial charge on any atom is -0.463 e. The normalized spacial score (nSPS) is 21.7. The third-order valence-electron chi connectivity index (χ3n) is 4.44. The van der Waals surface area contributed by atoms with Crippen LogP contribution in [0.5, 0.6) is 0 Å². The second-order valence-corrected chi connectivity index (χ2v) is 12.4. The molecule has 0 radical (unpaired) electrons. The van der Waals surface area contributed by atoms with Crippen LogP contribution in [0.1, 0.15) is 61.8 Å². The number of amides is 2. The Labute approximate surface area is 211 Å². The summed E-state index contributed by atoms with van der Waals surface area (Å²) in [5.41, 5.74) is -2.17. The summed E-state index contributed by atoms with van der Waals surface area (Å²) in [6, 6.07) is 0. The van der Waals surface area contributed by atoms with Gasteiger partial charge in [0.1, 0.15) is 12.2 Å². The van der Waals surface area contributed by atoms with Gasteiger partial charge in [0.25, 0.3) is 0 Å². The van der Waals surface area contributed by atoms with Crippen LogP contribution in [0.25, 0.3) is 0 Å². The minimum atomic E-state index is -4.23. The first-order valence-electron chi connectivity index (χ1n) is 11.5.